The van der Waals surface area contributed by atoms with E-state index in [4.69, 9.17) is 4.74 Å². The Balaban J connectivity index is 1.62. The van der Waals surface area contributed by atoms with E-state index in [-0.39, 0.29) is 28.5 Å². The van der Waals surface area contributed by atoms with Crippen LogP contribution >= 0.6 is 11.3 Å². The van der Waals surface area contributed by atoms with Crippen molar-refractivity contribution in [3.05, 3.63) is 46.2 Å². The Labute approximate surface area is 170 Å². The van der Waals surface area contributed by atoms with Crippen molar-refractivity contribution in [2.45, 2.75) is 42.9 Å². The predicted molar refractivity (Wildman–Crippen MR) is 110 cm³/mol. The largest absolute Gasteiger partial charge is 0.495 e. The fourth-order valence-electron chi connectivity index (χ4n) is 3.70. The summed E-state index contributed by atoms with van der Waals surface area (Å²) in [5.74, 6) is -0.0841. The first-order valence-corrected chi connectivity index (χ1v) is 11.7. The van der Waals surface area contributed by atoms with Gasteiger partial charge in [-0.15, -0.1) is 11.3 Å². The molecule has 1 amide bonds. The third-order valence-corrected chi connectivity index (χ3v) is 7.80. The number of carbonyl (C=O) groups is 1. The Hall–Kier alpha value is -1.90. The zero-order valence-electron chi connectivity index (χ0n) is 16.2. The van der Waals surface area contributed by atoms with Crippen LogP contribution in [0.15, 0.2) is 40.6 Å². The van der Waals surface area contributed by atoms with Gasteiger partial charge in [-0.3, -0.25) is 4.79 Å². The van der Waals surface area contributed by atoms with Gasteiger partial charge in [0.05, 0.1) is 13.7 Å². The minimum Gasteiger partial charge on any atom is -0.495 e. The van der Waals surface area contributed by atoms with Crippen molar-refractivity contribution in [2.75, 3.05) is 20.2 Å². The standard InChI is InChI=1S/C20H26N2O4S2/c1-15-7-8-16(26-2)17(12-15)28(24,25)22-13-19(23)21-14-20(9-3-4-10-20)18-6-5-11-27-18/h5-8,11-12,22H,3-4,9-10,13-14H2,1-2H3,(H,21,23). The van der Waals surface area contributed by atoms with Gasteiger partial charge >= 0.3 is 0 Å². The van der Waals surface area contributed by atoms with E-state index in [1.54, 1.807) is 30.4 Å². The van der Waals surface area contributed by atoms with E-state index in [0.29, 0.717) is 6.54 Å². The van der Waals surface area contributed by atoms with Crippen molar-refractivity contribution in [2.24, 2.45) is 0 Å². The molecule has 0 radical (unpaired) electrons. The molecule has 3 rings (SSSR count). The lowest BCUT2D eigenvalue weighted by Crippen LogP contribution is -2.43. The van der Waals surface area contributed by atoms with Gasteiger partial charge in [0.1, 0.15) is 10.6 Å². The molecule has 8 heteroatoms. The molecule has 6 nitrogen and oxygen atoms in total. The zero-order chi connectivity index (χ0) is 20.2. The molecule has 1 aliphatic carbocycles. The molecule has 1 fully saturated rings. The molecule has 0 saturated heterocycles. The van der Waals surface area contributed by atoms with Crippen LogP contribution in [0.1, 0.15) is 36.1 Å². The minimum atomic E-state index is -3.85. The van der Waals surface area contributed by atoms with Crippen molar-refractivity contribution in [3.63, 3.8) is 0 Å². The molecular weight excluding hydrogens is 396 g/mol. The second-order valence-corrected chi connectivity index (χ2v) is 9.90. The van der Waals surface area contributed by atoms with Crippen molar-refractivity contribution in [1.29, 1.82) is 0 Å². The van der Waals surface area contributed by atoms with Crippen molar-refractivity contribution in [3.8, 4) is 5.75 Å². The van der Waals surface area contributed by atoms with Crippen molar-refractivity contribution >= 4 is 27.3 Å². The van der Waals surface area contributed by atoms with Crippen LogP contribution in [0.2, 0.25) is 0 Å². The summed E-state index contributed by atoms with van der Waals surface area (Å²) in [5, 5.41) is 4.98. The molecule has 1 saturated carbocycles. The molecule has 1 aromatic heterocycles. The number of methoxy groups -OCH3 is 1. The van der Waals surface area contributed by atoms with Gasteiger partial charge in [-0.05, 0) is 48.9 Å². The first-order valence-electron chi connectivity index (χ1n) is 9.31. The molecule has 1 heterocycles. The number of benzene rings is 1. The summed E-state index contributed by atoms with van der Waals surface area (Å²) in [4.78, 5) is 13.7. The Morgan fingerprint density at radius 3 is 2.64 bits per heavy atom. The molecule has 2 aromatic rings. The lowest BCUT2D eigenvalue weighted by atomic mass is 9.84. The Morgan fingerprint density at radius 2 is 2.00 bits per heavy atom. The SMILES string of the molecule is COc1ccc(C)cc1S(=O)(=O)NCC(=O)NCC1(c2cccs2)CCCC1. The normalized spacial score (nSPS) is 16.1. The molecule has 0 spiro atoms. The Morgan fingerprint density at radius 1 is 1.25 bits per heavy atom. The predicted octanol–water partition coefficient (Wildman–Crippen LogP) is 2.97. The van der Waals surface area contributed by atoms with E-state index in [2.05, 4.69) is 21.5 Å². The summed E-state index contributed by atoms with van der Waals surface area (Å²) in [6.07, 6.45) is 4.38. The summed E-state index contributed by atoms with van der Waals surface area (Å²) in [6.45, 7) is 2.03. The van der Waals surface area contributed by atoms with Gasteiger partial charge in [-0.1, -0.05) is 25.0 Å². The molecule has 1 aromatic carbocycles. The number of rotatable bonds is 8. The highest BCUT2D eigenvalue weighted by Gasteiger charge is 2.36. The molecule has 0 bridgehead atoms. The Kier molecular flexibility index (Phi) is 6.42. The van der Waals surface area contributed by atoms with Crippen molar-refractivity contribution < 1.29 is 17.9 Å². The topological polar surface area (TPSA) is 84.5 Å². The fourth-order valence-corrected chi connectivity index (χ4v) is 5.93. The van der Waals surface area contributed by atoms with Crippen LogP contribution < -0.4 is 14.8 Å². The van der Waals surface area contributed by atoms with E-state index in [0.717, 1.165) is 31.2 Å². The number of hydrogen-bond acceptors (Lipinski definition) is 5. The van der Waals surface area contributed by atoms with Crippen LogP contribution in [0.5, 0.6) is 5.75 Å². The van der Waals surface area contributed by atoms with E-state index < -0.39 is 10.0 Å². The van der Waals surface area contributed by atoms with Crippen LogP contribution in [0.3, 0.4) is 0 Å². The van der Waals surface area contributed by atoms with Gasteiger partial charge < -0.3 is 10.1 Å². The second-order valence-electron chi connectivity index (χ2n) is 7.22. The molecule has 0 atom stereocenters. The average Bonchev–Trinajstić information content (AvgIpc) is 3.37. The molecule has 1 aliphatic rings. The molecule has 0 unspecified atom stereocenters. The summed E-state index contributed by atoms with van der Waals surface area (Å²) >= 11 is 1.71. The van der Waals surface area contributed by atoms with Crippen LogP contribution in [0.4, 0.5) is 0 Å². The second kappa shape index (κ2) is 8.63. The number of amides is 1. The Bertz CT molecular complexity index is 918. The molecular formula is C20H26N2O4S2. The highest BCUT2D eigenvalue weighted by Crippen LogP contribution is 2.42. The molecule has 0 aliphatic heterocycles. The number of aryl methyl sites for hydroxylation is 1. The van der Waals surface area contributed by atoms with Crippen molar-refractivity contribution in [1.82, 2.24) is 10.0 Å². The van der Waals surface area contributed by atoms with E-state index in [1.165, 1.54) is 18.1 Å². The number of ether oxygens (including phenoxy) is 1. The maximum absolute atomic E-state index is 12.6. The zero-order valence-corrected chi connectivity index (χ0v) is 17.8. The molecule has 28 heavy (non-hydrogen) atoms. The van der Waals surface area contributed by atoms with Gasteiger partial charge in [0, 0.05) is 16.8 Å². The van der Waals surface area contributed by atoms with Gasteiger partial charge in [-0.2, -0.15) is 0 Å². The van der Waals surface area contributed by atoms with E-state index >= 15 is 0 Å². The maximum Gasteiger partial charge on any atom is 0.244 e. The summed E-state index contributed by atoms with van der Waals surface area (Å²) in [7, 11) is -2.43. The molecule has 152 valence electrons. The van der Waals surface area contributed by atoms with Gasteiger partial charge in [0.15, 0.2) is 0 Å². The molecule has 2 N–H and O–H groups in total. The van der Waals surface area contributed by atoms with Gasteiger partial charge in [0.25, 0.3) is 0 Å². The van der Waals surface area contributed by atoms with Crippen LogP contribution in [-0.4, -0.2) is 34.5 Å². The maximum atomic E-state index is 12.6. The summed E-state index contributed by atoms with van der Waals surface area (Å²) < 4.78 is 32.7. The third-order valence-electron chi connectivity index (χ3n) is 5.26. The van der Waals surface area contributed by atoms with E-state index in [1.807, 2.05) is 6.07 Å². The van der Waals surface area contributed by atoms with Gasteiger partial charge in [-0.25, -0.2) is 13.1 Å². The third kappa shape index (κ3) is 4.56. The number of nitrogens with one attached hydrogen (secondary N) is 2. The smallest absolute Gasteiger partial charge is 0.244 e. The highest BCUT2D eigenvalue weighted by atomic mass is 32.2. The highest BCUT2D eigenvalue weighted by molar-refractivity contribution is 7.89. The number of hydrogen-bond donors (Lipinski definition) is 2. The number of thiophene rings is 1. The monoisotopic (exact) mass is 422 g/mol. The van der Waals surface area contributed by atoms with E-state index in [9.17, 15) is 13.2 Å². The van der Waals surface area contributed by atoms with Crippen LogP contribution in [-0.2, 0) is 20.2 Å². The number of carbonyl (C=O) groups excluding carboxylic acids is 1. The summed E-state index contributed by atoms with van der Waals surface area (Å²) in [5.41, 5.74) is 0.771. The average molecular weight is 423 g/mol. The quantitative estimate of drug-likeness (QED) is 0.685. The van der Waals surface area contributed by atoms with Crippen LogP contribution in [0, 0.1) is 6.92 Å². The fraction of sp³-hybridized carbons (Fsp3) is 0.450. The number of sulfonamides is 1. The first-order chi connectivity index (χ1) is 13.4. The lowest BCUT2D eigenvalue weighted by molar-refractivity contribution is -0.120. The van der Waals surface area contributed by atoms with Crippen LogP contribution in [0.25, 0.3) is 0 Å². The minimum absolute atomic E-state index is 0.0253. The summed E-state index contributed by atoms with van der Waals surface area (Å²) in [6, 6.07) is 9.06. The first kappa shape index (κ1) is 20.8. The van der Waals surface area contributed by atoms with Gasteiger partial charge in [0.2, 0.25) is 15.9 Å². The lowest BCUT2D eigenvalue weighted by Gasteiger charge is -2.28.